The van der Waals surface area contributed by atoms with Gasteiger partial charge in [0, 0.05) is 40.1 Å². The van der Waals surface area contributed by atoms with Crippen molar-refractivity contribution in [2.75, 3.05) is 0 Å². The van der Waals surface area contributed by atoms with Gasteiger partial charge in [0.15, 0.2) is 0 Å². The smallest absolute Gasteiger partial charge is 0.120 e. The molecule has 3 heterocycles. The van der Waals surface area contributed by atoms with Crippen LogP contribution in [0, 0.1) is 24.0 Å². The van der Waals surface area contributed by atoms with Gasteiger partial charge in [-0.05, 0) is 102 Å². The second-order valence-corrected chi connectivity index (χ2v) is 16.9. The molecule has 0 saturated heterocycles. The molecule has 10 rings (SSSR count). The van der Waals surface area contributed by atoms with E-state index in [1.54, 1.807) is 6.20 Å². The maximum absolute atomic E-state index is 9.56. The van der Waals surface area contributed by atoms with Crippen LogP contribution in [-0.2, 0) is 20.1 Å². The van der Waals surface area contributed by atoms with Crippen molar-refractivity contribution >= 4 is 33.0 Å². The van der Waals surface area contributed by atoms with Crippen molar-refractivity contribution in [1.82, 2.24) is 14.5 Å². The number of imidazole rings is 1. The number of furan rings is 1. The third-order valence-corrected chi connectivity index (χ3v) is 12.8. The first-order chi connectivity index (χ1) is 29.0. The third-order valence-electron chi connectivity index (χ3n) is 12.8. The van der Waals surface area contributed by atoms with E-state index < -0.39 is 11.8 Å². The fourth-order valence-corrected chi connectivity index (χ4v) is 9.78. The van der Waals surface area contributed by atoms with Crippen LogP contribution in [-0.4, -0.2) is 14.5 Å². The van der Waals surface area contributed by atoms with Crippen molar-refractivity contribution in [2.45, 2.75) is 103 Å². The van der Waals surface area contributed by atoms with Crippen molar-refractivity contribution in [2.24, 2.45) is 11.8 Å². The largest absolute Gasteiger partial charge is 0.501 e. The van der Waals surface area contributed by atoms with E-state index in [1.165, 1.54) is 63.4 Å². The molecule has 0 spiro atoms. The van der Waals surface area contributed by atoms with Gasteiger partial charge in [0.25, 0.3) is 0 Å². The average molecular weight is 956 g/mol. The zero-order chi connectivity index (χ0) is 41.4. The molecule has 0 aliphatic heterocycles. The van der Waals surface area contributed by atoms with Gasteiger partial charge in [0.05, 0.1) is 22.4 Å². The predicted molar refractivity (Wildman–Crippen MR) is 241 cm³/mol. The molecule has 2 saturated carbocycles. The summed E-state index contributed by atoms with van der Waals surface area (Å²) < 4.78 is 27.8. The van der Waals surface area contributed by atoms with Crippen molar-refractivity contribution in [3.8, 4) is 28.3 Å². The number of para-hydroxylation sites is 3. The van der Waals surface area contributed by atoms with E-state index in [0.717, 1.165) is 84.3 Å². The Morgan fingerprint density at radius 3 is 2.10 bits per heavy atom. The minimum absolute atomic E-state index is 0. The monoisotopic (exact) mass is 956 g/mol. The van der Waals surface area contributed by atoms with E-state index in [2.05, 4.69) is 52.0 Å². The van der Waals surface area contributed by atoms with Crippen molar-refractivity contribution < 1.29 is 27.3 Å². The Hall–Kier alpha value is -4.83. The van der Waals surface area contributed by atoms with Crippen LogP contribution < -0.4 is 0 Å². The molecular weight excluding hydrogens is 899 g/mol. The number of aromatic nitrogens is 3. The first kappa shape index (κ1) is 38.4. The first-order valence-electron chi connectivity index (χ1n) is 22.4. The summed E-state index contributed by atoms with van der Waals surface area (Å²) >= 11 is 0. The first-order valence-corrected chi connectivity index (χ1v) is 21.4. The molecule has 5 heteroatoms. The van der Waals surface area contributed by atoms with E-state index in [1.807, 2.05) is 113 Å². The Kier molecular flexibility index (Phi) is 11.8. The number of hydrogen-bond acceptors (Lipinski definition) is 3. The van der Waals surface area contributed by atoms with Crippen molar-refractivity contribution in [3.05, 3.63) is 150 Å². The Morgan fingerprint density at radius 1 is 0.695 bits per heavy atom. The summed E-state index contributed by atoms with van der Waals surface area (Å²) in [5, 5.41) is 2.09. The molecule has 1 radical (unpaired) electrons. The van der Waals surface area contributed by atoms with E-state index >= 15 is 0 Å². The quantitative estimate of drug-likeness (QED) is 0.150. The summed E-state index contributed by atoms with van der Waals surface area (Å²) in [7, 11) is 0. The summed E-state index contributed by atoms with van der Waals surface area (Å²) in [6, 6.07) is 45.3. The van der Waals surface area contributed by atoms with Gasteiger partial charge in [-0.2, -0.15) is 0 Å². The van der Waals surface area contributed by atoms with Crippen molar-refractivity contribution in [3.63, 3.8) is 0 Å². The SMILES string of the molecule is [2H]C(C)(C)c1cc(C2CCC(C3CCCCC3)CC2)cc(C([2H])(C)C)c1-n1c(-c2[c-]ccc3c2oc2ccccc23)nc2ccccc21.[Ir].[c-]1ccccc1-c1ccccn1. The predicted octanol–water partition coefficient (Wildman–Crippen LogP) is 15.0. The molecule has 2 aliphatic rings. The second-order valence-electron chi connectivity index (χ2n) is 16.9. The van der Waals surface area contributed by atoms with Gasteiger partial charge >= 0.3 is 0 Å². The van der Waals surface area contributed by atoms with Gasteiger partial charge in [-0.15, -0.1) is 54.1 Å². The van der Waals surface area contributed by atoms with Crippen LogP contribution in [0.5, 0.6) is 0 Å². The number of rotatable bonds is 7. The van der Waals surface area contributed by atoms with Crippen LogP contribution in [0.25, 0.3) is 61.3 Å². The Labute approximate surface area is 366 Å². The Bertz CT molecular complexity index is 2660. The molecule has 2 aliphatic carbocycles. The number of pyridine rings is 1. The molecule has 59 heavy (non-hydrogen) atoms. The molecule has 8 aromatic rings. The zero-order valence-corrected chi connectivity index (χ0v) is 37.1. The minimum atomic E-state index is -0.914. The van der Waals surface area contributed by atoms with Crippen LogP contribution in [0.2, 0.25) is 0 Å². The maximum atomic E-state index is 9.56. The minimum Gasteiger partial charge on any atom is -0.501 e. The molecule has 0 bridgehead atoms. The summed E-state index contributed by atoms with van der Waals surface area (Å²) in [4.78, 5) is 9.46. The standard InChI is InChI=1S/C43H47N2O.C11H8N.Ir/c1-27(2)36-25-32(31-23-21-30(22-24-31)29-13-6-5-7-14-29)26-37(28(3)4)41(36)45-39-19-10-9-18-38(39)44-43(45)35-17-12-16-34-33-15-8-11-20-40(33)46-42(34)35;1-2-6-10(7-3-1)11-8-4-5-9-12-11;/h8-12,15-16,18-20,25-31H,5-7,13-14,21-24H2,1-4H3;1-6,8-9H;/q2*-1;/i27D,28D;;. The number of hydrogen-bond donors (Lipinski definition) is 0. The van der Waals surface area contributed by atoms with Gasteiger partial charge in [-0.25, -0.2) is 0 Å². The summed E-state index contributed by atoms with van der Waals surface area (Å²) in [5.41, 5.74) is 10.2. The molecular formula is C54H55IrN3O-2. The summed E-state index contributed by atoms with van der Waals surface area (Å²) in [6.07, 6.45) is 13.8. The summed E-state index contributed by atoms with van der Waals surface area (Å²) in [6.45, 7) is 7.95. The van der Waals surface area contributed by atoms with Crippen LogP contribution in [0.1, 0.15) is 123 Å². The van der Waals surface area contributed by atoms with Gasteiger partial charge in [-0.3, -0.25) is 4.98 Å². The third kappa shape index (κ3) is 8.34. The molecule has 4 nitrogen and oxygen atoms in total. The molecule has 2 fully saturated rings. The summed E-state index contributed by atoms with van der Waals surface area (Å²) in [5.74, 6) is 1.12. The number of benzene rings is 5. The number of nitrogens with zero attached hydrogens (tertiary/aromatic N) is 3. The van der Waals surface area contributed by atoms with Crippen molar-refractivity contribution in [1.29, 1.82) is 0 Å². The molecule has 5 aromatic carbocycles. The maximum Gasteiger partial charge on any atom is 0.120 e. The van der Waals surface area contributed by atoms with E-state index in [0.29, 0.717) is 5.92 Å². The van der Waals surface area contributed by atoms with Crippen LogP contribution in [0.4, 0.5) is 0 Å². The molecule has 303 valence electrons. The van der Waals surface area contributed by atoms with Crippen LogP contribution in [0.15, 0.2) is 126 Å². The molecule has 0 amide bonds. The van der Waals surface area contributed by atoms with Gasteiger partial charge in [-0.1, -0.05) is 125 Å². The number of fused-ring (bicyclic) bond motifs is 4. The Balaban J connectivity index is 0.000000340. The van der Waals surface area contributed by atoms with E-state index in [4.69, 9.17) is 9.40 Å². The second kappa shape index (κ2) is 18.2. The molecule has 0 unspecified atom stereocenters. The molecule has 0 N–H and O–H groups in total. The Morgan fingerprint density at radius 2 is 1.39 bits per heavy atom. The topological polar surface area (TPSA) is 43.9 Å². The van der Waals surface area contributed by atoms with Gasteiger partial charge < -0.3 is 14.0 Å². The normalized spacial score (nSPS) is 18.2. The van der Waals surface area contributed by atoms with Gasteiger partial charge in [0.2, 0.25) is 0 Å². The van der Waals surface area contributed by atoms with Crippen LogP contribution in [0.3, 0.4) is 0 Å². The van der Waals surface area contributed by atoms with Crippen LogP contribution >= 0.6 is 0 Å². The van der Waals surface area contributed by atoms with E-state index in [-0.39, 0.29) is 20.1 Å². The van der Waals surface area contributed by atoms with Gasteiger partial charge in [0.1, 0.15) is 5.58 Å². The average Bonchev–Trinajstić information content (AvgIpc) is 3.85. The zero-order valence-electron chi connectivity index (χ0n) is 36.7. The molecule has 3 aromatic heterocycles. The fraction of sp³-hybridized carbons (Fsp3) is 0.333. The van der Waals surface area contributed by atoms with E-state index in [9.17, 15) is 2.74 Å². The molecule has 0 atom stereocenters. The fourth-order valence-electron chi connectivity index (χ4n) is 9.78.